The number of esters is 2. The molecule has 0 saturated carbocycles. The molecule has 1 fully saturated rings. The maximum Gasteiger partial charge on any atom is 0.573 e. The molecule has 2 rings (SSSR count). The monoisotopic (exact) mass is 454 g/mol. The minimum atomic E-state index is -5.06. The number of hydrogen-bond donors (Lipinski definition) is 1. The van der Waals surface area contributed by atoms with Crippen LogP contribution in [-0.4, -0.2) is 29.0 Å². The standard InChI is InChI=1S/C14H10BrF3N2O7/c1-13(2)26-11(21)6(12(22)27-13)5-19-8-3-7(15)10(25-14(16,17)18)4-9(8)20(23)24/h3-5,19H,1-2H3. The fourth-order valence-corrected chi connectivity index (χ4v) is 2.36. The molecule has 146 valence electrons. The van der Waals surface area contributed by atoms with E-state index in [1.165, 1.54) is 13.8 Å². The summed E-state index contributed by atoms with van der Waals surface area (Å²) in [5, 5.41) is 13.4. The molecule has 1 aliphatic rings. The number of nitrogens with zero attached hydrogens (tertiary/aromatic N) is 1. The normalized spacial score (nSPS) is 16.3. The van der Waals surface area contributed by atoms with E-state index in [2.05, 4.69) is 26.0 Å². The minimum absolute atomic E-state index is 0.263. The van der Waals surface area contributed by atoms with E-state index in [0.29, 0.717) is 6.07 Å². The van der Waals surface area contributed by atoms with Crippen molar-refractivity contribution in [1.29, 1.82) is 0 Å². The second-order valence-electron chi connectivity index (χ2n) is 5.49. The summed E-state index contributed by atoms with van der Waals surface area (Å²) in [6.45, 7) is 2.66. The van der Waals surface area contributed by atoms with E-state index in [1.807, 2.05) is 0 Å². The Morgan fingerprint density at radius 1 is 1.26 bits per heavy atom. The van der Waals surface area contributed by atoms with Crippen molar-refractivity contribution in [2.45, 2.75) is 26.0 Å². The highest BCUT2D eigenvalue weighted by Gasteiger charge is 2.39. The summed E-state index contributed by atoms with van der Waals surface area (Å²) in [4.78, 5) is 33.8. The molecule has 0 unspecified atom stereocenters. The lowest BCUT2D eigenvalue weighted by Crippen LogP contribution is -2.42. The Morgan fingerprint density at radius 2 is 1.81 bits per heavy atom. The highest BCUT2D eigenvalue weighted by molar-refractivity contribution is 9.10. The summed E-state index contributed by atoms with van der Waals surface area (Å²) < 4.78 is 50.2. The van der Waals surface area contributed by atoms with Crippen LogP contribution in [-0.2, 0) is 19.1 Å². The van der Waals surface area contributed by atoms with Crippen LogP contribution in [0, 0.1) is 10.1 Å². The molecule has 13 heteroatoms. The predicted molar refractivity (Wildman–Crippen MR) is 85.4 cm³/mol. The van der Waals surface area contributed by atoms with Gasteiger partial charge in [0.15, 0.2) is 11.3 Å². The van der Waals surface area contributed by atoms with Gasteiger partial charge in [-0.2, -0.15) is 0 Å². The number of nitro benzene ring substituents is 1. The van der Waals surface area contributed by atoms with Crippen LogP contribution in [0.2, 0.25) is 0 Å². The number of nitro groups is 1. The first-order chi connectivity index (χ1) is 12.3. The number of rotatable bonds is 4. The molecule has 1 aliphatic heterocycles. The van der Waals surface area contributed by atoms with Crippen molar-refractivity contribution in [2.75, 3.05) is 5.32 Å². The molecular formula is C14H10BrF3N2O7. The molecule has 1 aromatic rings. The number of carbonyl (C=O) groups excluding carboxylic acids is 2. The van der Waals surface area contributed by atoms with E-state index in [0.717, 1.165) is 12.3 Å². The van der Waals surface area contributed by atoms with Gasteiger partial charge in [0.2, 0.25) is 0 Å². The zero-order chi connectivity index (χ0) is 20.6. The number of nitrogens with one attached hydrogen (secondary N) is 1. The highest BCUT2D eigenvalue weighted by atomic mass is 79.9. The van der Waals surface area contributed by atoms with E-state index < -0.39 is 46.0 Å². The van der Waals surface area contributed by atoms with E-state index in [4.69, 9.17) is 9.47 Å². The first-order valence-corrected chi connectivity index (χ1v) is 7.75. The molecule has 0 aromatic heterocycles. The molecule has 0 radical (unpaired) electrons. The number of cyclic esters (lactones) is 2. The molecule has 0 aliphatic carbocycles. The SMILES string of the molecule is CC1(C)OC(=O)C(=CNc2cc(Br)c(OC(F)(F)F)cc2[N+](=O)[O-])C(=O)O1. The molecule has 9 nitrogen and oxygen atoms in total. The smallest absolute Gasteiger partial charge is 0.419 e. The van der Waals surface area contributed by atoms with Crippen LogP contribution in [0.3, 0.4) is 0 Å². The van der Waals surface area contributed by atoms with Gasteiger partial charge in [0.1, 0.15) is 5.69 Å². The third-order valence-corrected chi connectivity index (χ3v) is 3.58. The van der Waals surface area contributed by atoms with Crippen LogP contribution < -0.4 is 10.1 Å². The quantitative estimate of drug-likeness (QED) is 0.242. The molecule has 0 atom stereocenters. The lowest BCUT2D eigenvalue weighted by atomic mass is 10.2. The number of benzene rings is 1. The Hall–Kier alpha value is -2.83. The molecule has 1 aromatic carbocycles. The summed E-state index contributed by atoms with van der Waals surface area (Å²) >= 11 is 2.80. The lowest BCUT2D eigenvalue weighted by Gasteiger charge is -2.29. The van der Waals surface area contributed by atoms with Gasteiger partial charge in [-0.15, -0.1) is 13.2 Å². The largest absolute Gasteiger partial charge is 0.573 e. The average Bonchev–Trinajstić information content (AvgIpc) is 2.45. The van der Waals surface area contributed by atoms with Crippen LogP contribution in [0.1, 0.15) is 13.8 Å². The van der Waals surface area contributed by atoms with Crippen LogP contribution >= 0.6 is 15.9 Å². The van der Waals surface area contributed by atoms with E-state index in [9.17, 15) is 32.9 Å². The maximum absolute atomic E-state index is 12.4. The molecule has 27 heavy (non-hydrogen) atoms. The molecule has 0 spiro atoms. The van der Waals surface area contributed by atoms with Gasteiger partial charge in [-0.1, -0.05) is 0 Å². The maximum atomic E-state index is 12.4. The van der Waals surface area contributed by atoms with Gasteiger partial charge in [0.05, 0.1) is 15.5 Å². The number of carbonyl (C=O) groups is 2. The van der Waals surface area contributed by atoms with Gasteiger partial charge in [-0.25, -0.2) is 9.59 Å². The fraction of sp³-hybridized carbons (Fsp3) is 0.286. The second kappa shape index (κ2) is 7.06. The molecule has 0 bridgehead atoms. The zero-order valence-corrected chi connectivity index (χ0v) is 15.1. The van der Waals surface area contributed by atoms with Crippen molar-refractivity contribution in [2.24, 2.45) is 0 Å². The molecule has 1 N–H and O–H groups in total. The Morgan fingerprint density at radius 3 is 2.30 bits per heavy atom. The Balaban J connectivity index is 2.36. The number of halogens is 4. The van der Waals surface area contributed by atoms with Crippen molar-refractivity contribution in [1.82, 2.24) is 0 Å². The number of alkyl halides is 3. The van der Waals surface area contributed by atoms with Gasteiger partial charge in [0.25, 0.3) is 11.5 Å². The summed E-state index contributed by atoms with van der Waals surface area (Å²) in [7, 11) is 0. The fourth-order valence-electron chi connectivity index (χ4n) is 1.94. The summed E-state index contributed by atoms with van der Waals surface area (Å²) in [6.07, 6.45) is -4.27. The molecule has 1 heterocycles. The highest BCUT2D eigenvalue weighted by Crippen LogP contribution is 2.38. The third-order valence-electron chi connectivity index (χ3n) is 2.96. The van der Waals surface area contributed by atoms with Gasteiger partial charge >= 0.3 is 18.3 Å². The summed E-state index contributed by atoms with van der Waals surface area (Å²) in [5.41, 5.74) is -1.71. The summed E-state index contributed by atoms with van der Waals surface area (Å²) in [6, 6.07) is 1.44. The molecule has 0 amide bonds. The Kier molecular flexibility index (Phi) is 5.35. The number of ether oxygens (including phenoxy) is 3. The van der Waals surface area contributed by atoms with E-state index >= 15 is 0 Å². The van der Waals surface area contributed by atoms with Gasteiger partial charge in [-0.3, -0.25) is 10.1 Å². The van der Waals surface area contributed by atoms with Gasteiger partial charge in [-0.05, 0) is 22.0 Å². The number of hydrogen-bond acceptors (Lipinski definition) is 8. The predicted octanol–water partition coefficient (Wildman–Crippen LogP) is 3.39. The second-order valence-corrected chi connectivity index (χ2v) is 6.34. The minimum Gasteiger partial charge on any atom is -0.419 e. The first-order valence-electron chi connectivity index (χ1n) is 6.96. The topological polar surface area (TPSA) is 117 Å². The molecular weight excluding hydrogens is 445 g/mol. The van der Waals surface area contributed by atoms with Crippen molar-refractivity contribution in [3.63, 3.8) is 0 Å². The van der Waals surface area contributed by atoms with Crippen molar-refractivity contribution >= 4 is 39.2 Å². The van der Waals surface area contributed by atoms with Gasteiger partial charge in [0, 0.05) is 20.0 Å². The average molecular weight is 455 g/mol. The van der Waals surface area contributed by atoms with Crippen LogP contribution in [0.4, 0.5) is 24.5 Å². The van der Waals surface area contributed by atoms with Crippen LogP contribution in [0.5, 0.6) is 5.75 Å². The summed E-state index contributed by atoms with van der Waals surface area (Å²) in [5.74, 6) is -4.40. The van der Waals surface area contributed by atoms with Crippen molar-refractivity contribution < 1.29 is 41.9 Å². The van der Waals surface area contributed by atoms with Gasteiger partial charge < -0.3 is 19.5 Å². The van der Waals surface area contributed by atoms with Crippen molar-refractivity contribution in [3.8, 4) is 5.75 Å². The third kappa shape index (κ3) is 5.09. The zero-order valence-electron chi connectivity index (χ0n) is 13.5. The number of anilines is 1. The Bertz CT molecular complexity index is 830. The Labute approximate surface area is 157 Å². The lowest BCUT2D eigenvalue weighted by molar-refractivity contribution is -0.384. The molecule has 1 saturated heterocycles. The van der Waals surface area contributed by atoms with E-state index in [-0.39, 0.29) is 10.2 Å². The first kappa shape index (κ1) is 20.5. The van der Waals surface area contributed by atoms with Crippen molar-refractivity contribution in [3.05, 3.63) is 38.5 Å². The van der Waals surface area contributed by atoms with E-state index in [1.54, 1.807) is 0 Å². The van der Waals surface area contributed by atoms with Crippen LogP contribution in [0.15, 0.2) is 28.4 Å². The van der Waals surface area contributed by atoms with Crippen LogP contribution in [0.25, 0.3) is 0 Å².